The van der Waals surface area contributed by atoms with Crippen LogP contribution in [0.25, 0.3) is 0 Å². The lowest BCUT2D eigenvalue weighted by Gasteiger charge is -2.26. The van der Waals surface area contributed by atoms with Crippen LogP contribution in [-0.2, 0) is 17.8 Å². The number of carbonyl (C=O) groups excluding carboxylic acids is 1. The van der Waals surface area contributed by atoms with E-state index in [0.717, 1.165) is 30.3 Å². The van der Waals surface area contributed by atoms with E-state index < -0.39 is 0 Å². The molecule has 132 valence electrons. The second-order valence-electron chi connectivity index (χ2n) is 6.30. The maximum Gasteiger partial charge on any atom is 0.225 e. The number of aromatic nitrogens is 2. The predicted octanol–water partition coefficient (Wildman–Crippen LogP) is 3.37. The second-order valence-corrected chi connectivity index (χ2v) is 6.74. The van der Waals surface area contributed by atoms with E-state index in [1.54, 1.807) is 6.20 Å². The minimum absolute atomic E-state index is 0.0121. The van der Waals surface area contributed by atoms with E-state index in [1.807, 2.05) is 30.3 Å². The summed E-state index contributed by atoms with van der Waals surface area (Å²) in [5.41, 5.74) is 1.91. The summed E-state index contributed by atoms with van der Waals surface area (Å²) in [5, 5.41) is 3.63. The molecule has 1 aromatic carbocycles. The van der Waals surface area contributed by atoms with Gasteiger partial charge in [0.2, 0.25) is 11.9 Å². The Hall–Kier alpha value is -2.14. The van der Waals surface area contributed by atoms with Crippen LogP contribution >= 0.6 is 11.6 Å². The summed E-state index contributed by atoms with van der Waals surface area (Å²) in [7, 11) is 0. The van der Waals surface area contributed by atoms with E-state index in [2.05, 4.69) is 20.2 Å². The number of amides is 1. The van der Waals surface area contributed by atoms with Crippen LogP contribution in [0.2, 0.25) is 5.02 Å². The van der Waals surface area contributed by atoms with Gasteiger partial charge in [-0.25, -0.2) is 9.97 Å². The van der Waals surface area contributed by atoms with Gasteiger partial charge >= 0.3 is 0 Å². The predicted molar refractivity (Wildman–Crippen MR) is 99.7 cm³/mol. The minimum Gasteiger partial charge on any atom is -0.350 e. The van der Waals surface area contributed by atoms with Gasteiger partial charge in [-0.3, -0.25) is 4.79 Å². The lowest BCUT2D eigenvalue weighted by atomic mass is 10.1. The number of hydrogen-bond acceptors (Lipinski definition) is 4. The van der Waals surface area contributed by atoms with Crippen molar-refractivity contribution in [1.29, 1.82) is 0 Å². The average molecular weight is 359 g/mol. The smallest absolute Gasteiger partial charge is 0.225 e. The van der Waals surface area contributed by atoms with E-state index in [-0.39, 0.29) is 5.91 Å². The highest BCUT2D eigenvalue weighted by Gasteiger charge is 2.13. The van der Waals surface area contributed by atoms with Crippen molar-refractivity contribution in [3.63, 3.8) is 0 Å². The molecule has 1 N–H and O–H groups in total. The molecule has 3 rings (SSSR count). The van der Waals surface area contributed by atoms with Crippen molar-refractivity contribution in [2.75, 3.05) is 18.0 Å². The van der Waals surface area contributed by atoms with E-state index in [1.165, 1.54) is 19.3 Å². The van der Waals surface area contributed by atoms with Crippen LogP contribution in [-0.4, -0.2) is 29.0 Å². The normalized spacial score (nSPS) is 14.4. The van der Waals surface area contributed by atoms with Crippen molar-refractivity contribution in [1.82, 2.24) is 15.3 Å². The van der Waals surface area contributed by atoms with Crippen LogP contribution in [0, 0.1) is 0 Å². The van der Waals surface area contributed by atoms with E-state index in [4.69, 9.17) is 11.6 Å². The molecule has 2 aromatic rings. The third-order valence-corrected chi connectivity index (χ3v) is 4.57. The van der Waals surface area contributed by atoms with Crippen LogP contribution in [0.15, 0.2) is 36.5 Å². The van der Waals surface area contributed by atoms with Crippen LogP contribution in [0.4, 0.5) is 5.95 Å². The first-order valence-corrected chi connectivity index (χ1v) is 9.16. The summed E-state index contributed by atoms with van der Waals surface area (Å²) in [6.07, 6.45) is 6.53. The number of anilines is 1. The summed E-state index contributed by atoms with van der Waals surface area (Å²) in [6.45, 7) is 2.45. The first kappa shape index (κ1) is 17.7. The van der Waals surface area contributed by atoms with Gasteiger partial charge < -0.3 is 10.2 Å². The first-order valence-electron chi connectivity index (χ1n) is 8.79. The molecule has 0 unspecified atom stereocenters. The van der Waals surface area contributed by atoms with Crippen LogP contribution in [0.3, 0.4) is 0 Å². The molecular weight excluding hydrogens is 336 g/mol. The molecule has 0 spiro atoms. The molecule has 5 nitrogen and oxygen atoms in total. The molecule has 1 aromatic heterocycles. The number of benzene rings is 1. The maximum absolute atomic E-state index is 12.1. The van der Waals surface area contributed by atoms with Gasteiger partial charge in [0, 0.05) is 30.7 Å². The topological polar surface area (TPSA) is 58.1 Å². The highest BCUT2D eigenvalue weighted by atomic mass is 35.5. The van der Waals surface area contributed by atoms with Crippen molar-refractivity contribution in [3.05, 3.63) is 52.8 Å². The van der Waals surface area contributed by atoms with Crippen molar-refractivity contribution >= 4 is 23.5 Å². The van der Waals surface area contributed by atoms with Crippen molar-refractivity contribution in [2.24, 2.45) is 0 Å². The zero-order chi connectivity index (χ0) is 17.5. The Bertz CT molecular complexity index is 716. The number of carbonyl (C=O) groups is 1. The quantitative estimate of drug-likeness (QED) is 0.860. The molecule has 1 fully saturated rings. The number of nitrogens with one attached hydrogen (secondary N) is 1. The minimum atomic E-state index is 0.0121. The lowest BCUT2D eigenvalue weighted by Crippen LogP contribution is -2.31. The molecule has 1 saturated heterocycles. The molecule has 0 radical (unpaired) electrons. The van der Waals surface area contributed by atoms with Gasteiger partial charge in [-0.05, 0) is 49.4 Å². The Balaban J connectivity index is 1.48. The van der Waals surface area contributed by atoms with E-state index in [9.17, 15) is 4.79 Å². The van der Waals surface area contributed by atoms with Crippen LogP contribution in [0.1, 0.15) is 36.9 Å². The Morgan fingerprint density at radius 1 is 1.20 bits per heavy atom. The molecule has 1 amide bonds. The fourth-order valence-corrected chi connectivity index (χ4v) is 3.17. The van der Waals surface area contributed by atoms with E-state index >= 15 is 0 Å². The number of halogens is 1. The molecule has 1 aliphatic rings. The molecular formula is C19H23ClN4O. The second kappa shape index (κ2) is 8.81. The van der Waals surface area contributed by atoms with Crippen molar-refractivity contribution in [3.8, 4) is 0 Å². The Kier molecular flexibility index (Phi) is 6.23. The van der Waals surface area contributed by atoms with E-state index in [0.29, 0.717) is 24.4 Å². The lowest BCUT2D eigenvalue weighted by molar-refractivity contribution is -0.121. The number of hydrogen-bond donors (Lipinski definition) is 1. The molecule has 0 saturated carbocycles. The summed E-state index contributed by atoms with van der Waals surface area (Å²) in [5.74, 6) is 0.781. The number of rotatable bonds is 6. The first-order chi connectivity index (χ1) is 12.2. The average Bonchev–Trinajstić information content (AvgIpc) is 2.66. The zero-order valence-electron chi connectivity index (χ0n) is 14.2. The van der Waals surface area contributed by atoms with Crippen LogP contribution in [0.5, 0.6) is 0 Å². The third kappa shape index (κ3) is 5.43. The van der Waals surface area contributed by atoms with Gasteiger partial charge in [-0.2, -0.15) is 0 Å². The maximum atomic E-state index is 12.1. The SMILES string of the molecule is O=C(CCc1cccc(Cl)c1)NCc1ccnc(N2CCCCC2)n1. The summed E-state index contributed by atoms with van der Waals surface area (Å²) < 4.78 is 0. The fraction of sp³-hybridized carbons (Fsp3) is 0.421. The molecule has 2 heterocycles. The fourth-order valence-electron chi connectivity index (χ4n) is 2.96. The number of piperidine rings is 1. The van der Waals surface area contributed by atoms with Gasteiger partial charge in [0.25, 0.3) is 0 Å². The molecule has 1 aliphatic heterocycles. The summed E-state index contributed by atoms with van der Waals surface area (Å²) >= 11 is 5.96. The molecule has 0 bridgehead atoms. The highest BCUT2D eigenvalue weighted by molar-refractivity contribution is 6.30. The largest absolute Gasteiger partial charge is 0.350 e. The molecule has 25 heavy (non-hydrogen) atoms. The Morgan fingerprint density at radius 3 is 2.84 bits per heavy atom. The molecule has 0 atom stereocenters. The zero-order valence-corrected chi connectivity index (χ0v) is 15.0. The number of aryl methyl sites for hydroxylation is 1. The Labute approximate surface area is 153 Å². The van der Waals surface area contributed by atoms with Gasteiger partial charge in [-0.15, -0.1) is 0 Å². The van der Waals surface area contributed by atoms with Crippen LogP contribution < -0.4 is 10.2 Å². The number of nitrogens with zero attached hydrogens (tertiary/aromatic N) is 3. The Morgan fingerprint density at radius 2 is 2.04 bits per heavy atom. The monoisotopic (exact) mass is 358 g/mol. The third-order valence-electron chi connectivity index (χ3n) is 4.34. The standard InChI is InChI=1S/C19H23ClN4O/c20-16-6-4-5-15(13-16)7-8-18(25)22-14-17-9-10-21-19(23-17)24-11-2-1-3-12-24/h4-6,9-10,13H,1-3,7-8,11-12,14H2,(H,22,25). The van der Waals surface area contributed by atoms with Gasteiger partial charge in [0.1, 0.15) is 0 Å². The van der Waals surface area contributed by atoms with Crippen molar-refractivity contribution < 1.29 is 4.79 Å². The van der Waals surface area contributed by atoms with Gasteiger partial charge in [-0.1, -0.05) is 23.7 Å². The highest BCUT2D eigenvalue weighted by Crippen LogP contribution is 2.15. The molecule has 0 aliphatic carbocycles. The summed E-state index contributed by atoms with van der Waals surface area (Å²) in [4.78, 5) is 23.2. The van der Waals surface area contributed by atoms with Gasteiger partial charge in [0.05, 0.1) is 12.2 Å². The summed E-state index contributed by atoms with van der Waals surface area (Å²) in [6, 6.07) is 9.46. The molecule has 6 heteroatoms. The van der Waals surface area contributed by atoms with Gasteiger partial charge in [0.15, 0.2) is 0 Å². The van der Waals surface area contributed by atoms with Crippen molar-refractivity contribution in [2.45, 2.75) is 38.6 Å².